The van der Waals surface area contributed by atoms with Gasteiger partial charge in [-0.1, -0.05) is 15.9 Å². The second-order valence-electron chi connectivity index (χ2n) is 5.45. The van der Waals surface area contributed by atoms with Crippen LogP contribution in [0.15, 0.2) is 33.6 Å². The van der Waals surface area contributed by atoms with E-state index in [1.165, 1.54) is 0 Å². The number of benzene rings is 1. The second kappa shape index (κ2) is 6.92. The van der Waals surface area contributed by atoms with Crippen LogP contribution in [-0.4, -0.2) is 37.6 Å². The van der Waals surface area contributed by atoms with Gasteiger partial charge in [0.2, 0.25) is 5.91 Å². The monoisotopic (exact) mass is 373 g/mol. The number of rotatable bonds is 4. The maximum Gasteiger partial charge on any atom is 0.223 e. The molecule has 1 atom stereocenters. The Kier molecular flexibility index (Phi) is 5.43. The molecule has 0 saturated carbocycles. The van der Waals surface area contributed by atoms with Crippen molar-refractivity contribution in [3.05, 3.63) is 28.7 Å². The van der Waals surface area contributed by atoms with E-state index in [2.05, 4.69) is 15.9 Å². The molecule has 4 nitrogen and oxygen atoms in total. The van der Waals surface area contributed by atoms with Gasteiger partial charge >= 0.3 is 0 Å². The predicted molar refractivity (Wildman–Crippen MR) is 85.8 cm³/mol. The molecule has 6 heteroatoms. The van der Waals surface area contributed by atoms with Crippen LogP contribution in [-0.2, 0) is 14.6 Å². The summed E-state index contributed by atoms with van der Waals surface area (Å²) in [6, 6.07) is 6.74. The van der Waals surface area contributed by atoms with Crippen LogP contribution in [0, 0.1) is 0 Å². The molecular weight excluding hydrogens is 354 g/mol. The first-order valence-electron chi connectivity index (χ1n) is 7.18. The molecule has 0 spiro atoms. The van der Waals surface area contributed by atoms with Gasteiger partial charge in [0.1, 0.15) is 0 Å². The molecule has 0 radical (unpaired) electrons. The molecule has 1 heterocycles. The van der Waals surface area contributed by atoms with Crippen LogP contribution >= 0.6 is 15.9 Å². The number of piperidine rings is 1. The minimum Gasteiger partial charge on any atom is -0.340 e. The van der Waals surface area contributed by atoms with Crippen LogP contribution in [0.4, 0.5) is 0 Å². The molecule has 1 aliphatic heterocycles. The van der Waals surface area contributed by atoms with Crippen molar-refractivity contribution in [1.82, 2.24) is 4.90 Å². The summed E-state index contributed by atoms with van der Waals surface area (Å²) in [5.41, 5.74) is 0. The molecule has 2 rings (SSSR count). The van der Waals surface area contributed by atoms with Crippen molar-refractivity contribution >= 4 is 31.7 Å². The van der Waals surface area contributed by atoms with E-state index in [4.69, 9.17) is 0 Å². The highest BCUT2D eigenvalue weighted by molar-refractivity contribution is 9.10. The molecule has 0 aromatic heterocycles. The molecule has 1 fully saturated rings. The average Bonchev–Trinajstić information content (AvgIpc) is 2.46. The van der Waals surface area contributed by atoms with Gasteiger partial charge in [0.15, 0.2) is 9.84 Å². The molecule has 1 aromatic carbocycles. The molecule has 0 aliphatic carbocycles. The molecule has 1 aliphatic rings. The Morgan fingerprint density at radius 1 is 1.29 bits per heavy atom. The summed E-state index contributed by atoms with van der Waals surface area (Å²) in [4.78, 5) is 14.3. The lowest BCUT2D eigenvalue weighted by Gasteiger charge is -2.33. The van der Waals surface area contributed by atoms with E-state index < -0.39 is 9.84 Å². The third kappa shape index (κ3) is 4.30. The van der Waals surface area contributed by atoms with Gasteiger partial charge in [-0.3, -0.25) is 4.79 Å². The predicted octanol–water partition coefficient (Wildman–Crippen LogP) is 3.01. The fourth-order valence-electron chi connectivity index (χ4n) is 2.59. The zero-order valence-electron chi connectivity index (χ0n) is 12.1. The highest BCUT2D eigenvalue weighted by atomic mass is 79.9. The molecule has 0 unspecified atom stereocenters. The highest BCUT2D eigenvalue weighted by Gasteiger charge is 2.25. The molecule has 21 heavy (non-hydrogen) atoms. The van der Waals surface area contributed by atoms with Gasteiger partial charge in [-0.25, -0.2) is 8.42 Å². The Labute approximate surface area is 134 Å². The summed E-state index contributed by atoms with van der Waals surface area (Å²) >= 11 is 3.28. The molecule has 116 valence electrons. The molecule has 0 bridgehead atoms. The lowest BCUT2D eigenvalue weighted by molar-refractivity contribution is -0.133. The minimum absolute atomic E-state index is 0.0529. The summed E-state index contributed by atoms with van der Waals surface area (Å²) in [5.74, 6) is -0.181. The molecular formula is C15H20BrNO3S. The number of halogens is 1. The van der Waals surface area contributed by atoms with E-state index in [0.717, 1.165) is 30.3 Å². The van der Waals surface area contributed by atoms with E-state index in [9.17, 15) is 13.2 Å². The van der Waals surface area contributed by atoms with Gasteiger partial charge < -0.3 is 4.90 Å². The van der Waals surface area contributed by atoms with E-state index in [0.29, 0.717) is 0 Å². The fourth-order valence-corrected chi connectivity index (χ4v) is 4.09. The summed E-state index contributed by atoms with van der Waals surface area (Å²) in [6.07, 6.45) is 3.21. The first-order valence-corrected chi connectivity index (χ1v) is 9.62. The Morgan fingerprint density at radius 2 is 1.95 bits per heavy atom. The summed E-state index contributed by atoms with van der Waals surface area (Å²) in [6.45, 7) is 2.78. The van der Waals surface area contributed by atoms with Crippen molar-refractivity contribution < 1.29 is 13.2 Å². The van der Waals surface area contributed by atoms with Crippen molar-refractivity contribution in [2.75, 3.05) is 12.3 Å². The van der Waals surface area contributed by atoms with Gasteiger partial charge in [-0.2, -0.15) is 0 Å². The Morgan fingerprint density at radius 3 is 2.57 bits per heavy atom. The van der Waals surface area contributed by atoms with Crippen LogP contribution in [0.1, 0.15) is 32.6 Å². The van der Waals surface area contributed by atoms with E-state index in [1.54, 1.807) is 24.3 Å². The number of carbonyl (C=O) groups is 1. The number of sulfone groups is 1. The second-order valence-corrected chi connectivity index (χ2v) is 8.48. The Bertz CT molecular complexity index is 598. The number of nitrogens with zero attached hydrogens (tertiary/aromatic N) is 1. The van der Waals surface area contributed by atoms with Gasteiger partial charge in [-0.05, 0) is 50.5 Å². The smallest absolute Gasteiger partial charge is 0.223 e. The van der Waals surface area contributed by atoms with E-state index in [-0.39, 0.29) is 29.0 Å². The fraction of sp³-hybridized carbons (Fsp3) is 0.533. The Balaban J connectivity index is 1.98. The first-order chi connectivity index (χ1) is 9.90. The topological polar surface area (TPSA) is 54.5 Å². The van der Waals surface area contributed by atoms with E-state index >= 15 is 0 Å². The minimum atomic E-state index is -3.40. The van der Waals surface area contributed by atoms with Gasteiger partial charge in [0.25, 0.3) is 0 Å². The molecule has 0 N–H and O–H groups in total. The zero-order valence-corrected chi connectivity index (χ0v) is 14.5. The molecule has 1 amide bonds. The van der Waals surface area contributed by atoms with Crippen LogP contribution in [0.2, 0.25) is 0 Å². The maximum absolute atomic E-state index is 12.2. The normalized spacial score (nSPS) is 19.5. The number of likely N-dealkylation sites (tertiary alicyclic amines) is 1. The Hall–Kier alpha value is -0.880. The third-order valence-electron chi connectivity index (χ3n) is 3.88. The number of hydrogen-bond donors (Lipinski definition) is 0. The van der Waals surface area contributed by atoms with Crippen molar-refractivity contribution in [2.24, 2.45) is 0 Å². The highest BCUT2D eigenvalue weighted by Crippen LogP contribution is 2.19. The average molecular weight is 374 g/mol. The van der Waals surface area contributed by atoms with Crippen LogP contribution in [0.3, 0.4) is 0 Å². The van der Waals surface area contributed by atoms with Gasteiger partial charge in [-0.15, -0.1) is 0 Å². The zero-order chi connectivity index (χ0) is 15.5. The van der Waals surface area contributed by atoms with Crippen molar-refractivity contribution in [3.63, 3.8) is 0 Å². The summed E-state index contributed by atoms with van der Waals surface area (Å²) in [7, 11) is -3.40. The number of hydrogen-bond acceptors (Lipinski definition) is 3. The number of amides is 1. The number of carbonyl (C=O) groups excluding carboxylic acids is 1. The van der Waals surface area contributed by atoms with Crippen molar-refractivity contribution in [2.45, 2.75) is 43.5 Å². The van der Waals surface area contributed by atoms with Crippen molar-refractivity contribution in [3.8, 4) is 0 Å². The van der Waals surface area contributed by atoms with Gasteiger partial charge in [0.05, 0.1) is 10.6 Å². The van der Waals surface area contributed by atoms with E-state index in [1.807, 2.05) is 11.8 Å². The lowest BCUT2D eigenvalue weighted by atomic mass is 10.0. The van der Waals surface area contributed by atoms with Crippen LogP contribution in [0.25, 0.3) is 0 Å². The third-order valence-corrected chi connectivity index (χ3v) is 6.14. The largest absolute Gasteiger partial charge is 0.340 e. The summed E-state index contributed by atoms with van der Waals surface area (Å²) in [5, 5.41) is 0. The van der Waals surface area contributed by atoms with Crippen LogP contribution in [0.5, 0.6) is 0 Å². The SMILES string of the molecule is C[C@H]1CCCCN1C(=O)CCS(=O)(=O)c1ccc(Br)cc1. The van der Waals surface area contributed by atoms with Crippen molar-refractivity contribution in [1.29, 1.82) is 0 Å². The summed E-state index contributed by atoms with van der Waals surface area (Å²) < 4.78 is 25.3. The lowest BCUT2D eigenvalue weighted by Crippen LogP contribution is -2.42. The first kappa shape index (κ1) is 16.5. The maximum atomic E-state index is 12.2. The van der Waals surface area contributed by atoms with Crippen LogP contribution < -0.4 is 0 Å². The molecule has 1 saturated heterocycles. The van der Waals surface area contributed by atoms with Gasteiger partial charge in [0, 0.05) is 23.5 Å². The standard InChI is InChI=1S/C15H20BrNO3S/c1-12-4-2-3-10-17(12)15(18)9-11-21(19,20)14-7-5-13(16)6-8-14/h5-8,12H,2-4,9-11H2,1H3/t12-/m0/s1. The molecule has 1 aromatic rings. The quantitative estimate of drug-likeness (QED) is 0.814.